The first kappa shape index (κ1) is 8.67. The van der Waals surface area contributed by atoms with Gasteiger partial charge in [-0.15, -0.1) is 0 Å². The molecule has 1 saturated carbocycles. The lowest BCUT2D eigenvalue weighted by molar-refractivity contribution is -0.728. The second-order valence-electron chi connectivity index (χ2n) is 4.12. The lowest BCUT2D eigenvalue weighted by Gasteiger charge is -2.23. The van der Waals surface area contributed by atoms with Crippen molar-refractivity contribution in [1.82, 2.24) is 4.98 Å². The standard InChI is InChI=1S/C11H17N2/c1-10-3-5-11(6-4-10)13-8-2-7-12-9-13/h2,7-11H,3-6H2,1H3/q+1. The van der Waals surface area contributed by atoms with Gasteiger partial charge in [-0.1, -0.05) is 11.9 Å². The molecule has 0 N–H and O–H groups in total. The van der Waals surface area contributed by atoms with Crippen LogP contribution in [0.15, 0.2) is 24.8 Å². The minimum Gasteiger partial charge on any atom is -0.235 e. The molecule has 1 aliphatic carbocycles. The molecule has 1 aliphatic rings. The maximum atomic E-state index is 4.14. The predicted molar refractivity (Wildman–Crippen MR) is 51.1 cm³/mol. The Bertz CT molecular complexity index is 250. The highest BCUT2D eigenvalue weighted by atomic mass is 15.0. The summed E-state index contributed by atoms with van der Waals surface area (Å²) in [6.45, 7) is 2.35. The molecule has 0 spiro atoms. The largest absolute Gasteiger partial charge is 0.286 e. The molecule has 0 amide bonds. The summed E-state index contributed by atoms with van der Waals surface area (Å²) in [4.78, 5) is 4.14. The van der Waals surface area contributed by atoms with E-state index in [1.54, 1.807) is 0 Å². The molecule has 0 unspecified atom stereocenters. The average molecular weight is 177 g/mol. The Morgan fingerprint density at radius 3 is 2.62 bits per heavy atom. The molecule has 0 aliphatic heterocycles. The highest BCUT2D eigenvalue weighted by Crippen LogP contribution is 2.27. The zero-order chi connectivity index (χ0) is 9.10. The van der Waals surface area contributed by atoms with Gasteiger partial charge < -0.3 is 0 Å². The van der Waals surface area contributed by atoms with E-state index in [9.17, 15) is 0 Å². The van der Waals surface area contributed by atoms with Crippen LogP contribution in [-0.4, -0.2) is 4.98 Å². The van der Waals surface area contributed by atoms with E-state index >= 15 is 0 Å². The number of aromatic nitrogens is 2. The van der Waals surface area contributed by atoms with Crippen molar-refractivity contribution in [1.29, 1.82) is 0 Å². The fourth-order valence-electron chi connectivity index (χ4n) is 2.10. The quantitative estimate of drug-likeness (QED) is 0.600. The highest BCUT2D eigenvalue weighted by Gasteiger charge is 2.21. The van der Waals surface area contributed by atoms with Crippen LogP contribution in [-0.2, 0) is 0 Å². The van der Waals surface area contributed by atoms with Gasteiger partial charge >= 0.3 is 0 Å². The van der Waals surface area contributed by atoms with Gasteiger partial charge in [-0.2, -0.15) is 0 Å². The van der Waals surface area contributed by atoms with Gasteiger partial charge in [-0.25, -0.2) is 4.57 Å². The first-order valence-corrected chi connectivity index (χ1v) is 5.17. The van der Waals surface area contributed by atoms with Gasteiger partial charge in [0, 0.05) is 6.07 Å². The molecule has 1 aromatic rings. The summed E-state index contributed by atoms with van der Waals surface area (Å²) in [6.07, 6.45) is 11.3. The molecule has 0 radical (unpaired) electrons. The van der Waals surface area contributed by atoms with Crippen molar-refractivity contribution >= 4 is 0 Å². The summed E-state index contributed by atoms with van der Waals surface area (Å²) in [6, 6.07) is 2.71. The van der Waals surface area contributed by atoms with Crippen LogP contribution in [0.25, 0.3) is 0 Å². The molecule has 2 heteroatoms. The molecule has 1 heterocycles. The summed E-state index contributed by atoms with van der Waals surface area (Å²) >= 11 is 0. The third-order valence-electron chi connectivity index (χ3n) is 3.04. The van der Waals surface area contributed by atoms with E-state index in [1.165, 1.54) is 25.7 Å². The third-order valence-corrected chi connectivity index (χ3v) is 3.04. The van der Waals surface area contributed by atoms with Crippen LogP contribution in [0, 0.1) is 5.92 Å². The lowest BCUT2D eigenvalue weighted by atomic mass is 9.87. The molecule has 1 fully saturated rings. The third kappa shape index (κ3) is 2.06. The lowest BCUT2D eigenvalue weighted by Crippen LogP contribution is -2.40. The molecule has 2 nitrogen and oxygen atoms in total. The Balaban J connectivity index is 2.03. The Morgan fingerprint density at radius 2 is 2.00 bits per heavy atom. The molecular formula is C11H17N2+. The topological polar surface area (TPSA) is 16.8 Å². The Hall–Kier alpha value is -0.920. The van der Waals surface area contributed by atoms with E-state index in [-0.39, 0.29) is 0 Å². The normalized spacial score (nSPS) is 28.7. The van der Waals surface area contributed by atoms with E-state index in [2.05, 4.69) is 22.7 Å². The first-order valence-electron chi connectivity index (χ1n) is 5.17. The molecule has 0 saturated heterocycles. The summed E-state index contributed by atoms with van der Waals surface area (Å²) in [5.74, 6) is 0.925. The van der Waals surface area contributed by atoms with E-state index < -0.39 is 0 Å². The molecule has 0 aromatic carbocycles. The zero-order valence-corrected chi connectivity index (χ0v) is 8.19. The van der Waals surface area contributed by atoms with Crippen LogP contribution in [0.4, 0.5) is 0 Å². The Kier molecular flexibility index (Phi) is 2.57. The number of nitrogens with zero attached hydrogens (tertiary/aromatic N) is 2. The van der Waals surface area contributed by atoms with Crippen molar-refractivity contribution in [3.8, 4) is 0 Å². The fourth-order valence-corrected chi connectivity index (χ4v) is 2.10. The molecule has 13 heavy (non-hydrogen) atoms. The Morgan fingerprint density at radius 1 is 1.23 bits per heavy atom. The van der Waals surface area contributed by atoms with Crippen LogP contribution < -0.4 is 4.57 Å². The van der Waals surface area contributed by atoms with Gasteiger partial charge in [0.05, 0.1) is 6.20 Å². The average Bonchev–Trinajstić information content (AvgIpc) is 2.20. The van der Waals surface area contributed by atoms with Crippen molar-refractivity contribution in [2.45, 2.75) is 38.6 Å². The van der Waals surface area contributed by atoms with Gasteiger partial charge in [0.2, 0.25) is 0 Å². The van der Waals surface area contributed by atoms with E-state index in [0.717, 1.165) is 5.92 Å². The van der Waals surface area contributed by atoms with Crippen LogP contribution in [0.2, 0.25) is 0 Å². The fraction of sp³-hybridized carbons (Fsp3) is 0.636. The summed E-state index contributed by atoms with van der Waals surface area (Å²) in [5, 5.41) is 0. The molecule has 0 atom stereocenters. The highest BCUT2D eigenvalue weighted by molar-refractivity contribution is 4.72. The van der Waals surface area contributed by atoms with Gasteiger partial charge in [0.15, 0.2) is 0 Å². The summed E-state index contributed by atoms with van der Waals surface area (Å²) in [7, 11) is 0. The maximum absolute atomic E-state index is 4.14. The second-order valence-corrected chi connectivity index (χ2v) is 4.12. The van der Waals surface area contributed by atoms with Gasteiger partial charge in [-0.05, 0) is 31.6 Å². The smallest absolute Gasteiger partial charge is 0.235 e. The first-order chi connectivity index (χ1) is 6.36. The van der Waals surface area contributed by atoms with Gasteiger partial charge in [-0.3, -0.25) is 0 Å². The molecule has 70 valence electrons. The van der Waals surface area contributed by atoms with Crippen molar-refractivity contribution in [3.05, 3.63) is 24.8 Å². The molecular weight excluding hydrogens is 160 g/mol. The van der Waals surface area contributed by atoms with Crippen molar-refractivity contribution in [2.24, 2.45) is 5.92 Å². The van der Waals surface area contributed by atoms with E-state index in [4.69, 9.17) is 0 Å². The molecule has 2 rings (SSSR count). The van der Waals surface area contributed by atoms with Crippen molar-refractivity contribution < 1.29 is 4.57 Å². The zero-order valence-electron chi connectivity index (χ0n) is 8.19. The summed E-state index contributed by atoms with van der Waals surface area (Å²) < 4.78 is 2.26. The van der Waals surface area contributed by atoms with Gasteiger partial charge in [0.25, 0.3) is 6.33 Å². The van der Waals surface area contributed by atoms with Crippen molar-refractivity contribution in [3.63, 3.8) is 0 Å². The van der Waals surface area contributed by atoms with Crippen LogP contribution in [0.1, 0.15) is 38.6 Å². The minimum absolute atomic E-state index is 0.699. The SMILES string of the molecule is CC1CCC([n+]2cccnc2)CC1. The number of hydrogen-bond donors (Lipinski definition) is 0. The predicted octanol–water partition coefficient (Wildman–Crippen LogP) is 2.12. The van der Waals surface area contributed by atoms with Crippen LogP contribution in [0.3, 0.4) is 0 Å². The van der Waals surface area contributed by atoms with Crippen LogP contribution >= 0.6 is 0 Å². The van der Waals surface area contributed by atoms with E-state index in [1.807, 2.05) is 18.6 Å². The molecule has 0 bridgehead atoms. The van der Waals surface area contributed by atoms with Crippen LogP contribution in [0.5, 0.6) is 0 Å². The van der Waals surface area contributed by atoms with E-state index in [0.29, 0.717) is 6.04 Å². The Labute approximate surface area is 79.6 Å². The maximum Gasteiger partial charge on any atom is 0.286 e. The van der Waals surface area contributed by atoms with Crippen molar-refractivity contribution in [2.75, 3.05) is 0 Å². The second kappa shape index (κ2) is 3.86. The molecule has 1 aromatic heterocycles. The minimum atomic E-state index is 0.699. The number of hydrogen-bond acceptors (Lipinski definition) is 1. The van der Waals surface area contributed by atoms with Gasteiger partial charge in [0.1, 0.15) is 12.2 Å². The monoisotopic (exact) mass is 177 g/mol. The summed E-state index contributed by atoms with van der Waals surface area (Å²) in [5.41, 5.74) is 0. The number of rotatable bonds is 1.